The van der Waals surface area contributed by atoms with Crippen LogP contribution in [0.25, 0.3) is 11.1 Å². The zero-order chi connectivity index (χ0) is 15.7. The number of amides is 1. The first-order valence-corrected chi connectivity index (χ1v) is 6.38. The minimum absolute atomic E-state index is 0.105. The van der Waals surface area contributed by atoms with Crippen LogP contribution in [0.3, 0.4) is 0 Å². The summed E-state index contributed by atoms with van der Waals surface area (Å²) in [6, 6.07) is 8.47. The fourth-order valence-electron chi connectivity index (χ4n) is 2.19. The van der Waals surface area contributed by atoms with E-state index in [1.807, 2.05) is 6.07 Å². The van der Waals surface area contributed by atoms with Crippen LogP contribution < -0.4 is 10.9 Å². The third-order valence-electron chi connectivity index (χ3n) is 3.15. The molecule has 0 radical (unpaired) electrons. The number of H-pyrrole nitrogens is 1. The molecule has 0 fully saturated rings. The molecular formula is C15H10N4O3. The summed E-state index contributed by atoms with van der Waals surface area (Å²) in [5.41, 5.74) is 0.672. The molecule has 2 heterocycles. The molecule has 0 aliphatic heterocycles. The molecule has 22 heavy (non-hydrogen) atoms. The topological polar surface area (TPSA) is 112 Å². The maximum atomic E-state index is 12.4. The van der Waals surface area contributed by atoms with Gasteiger partial charge >= 0.3 is 0 Å². The average Bonchev–Trinajstić information content (AvgIpc) is 2.85. The normalized spacial score (nSPS) is 10.4. The van der Waals surface area contributed by atoms with Gasteiger partial charge in [0.15, 0.2) is 0 Å². The fourth-order valence-corrected chi connectivity index (χ4v) is 2.19. The van der Waals surface area contributed by atoms with E-state index in [1.54, 1.807) is 25.1 Å². The Morgan fingerprint density at radius 2 is 2.27 bits per heavy atom. The van der Waals surface area contributed by atoms with Crippen molar-refractivity contribution in [2.75, 3.05) is 5.32 Å². The molecule has 2 N–H and O–H groups in total. The van der Waals surface area contributed by atoms with Gasteiger partial charge in [-0.25, -0.2) is 4.98 Å². The van der Waals surface area contributed by atoms with Gasteiger partial charge in [-0.15, -0.1) is 0 Å². The Bertz CT molecular complexity index is 978. The molecular weight excluding hydrogens is 284 g/mol. The van der Waals surface area contributed by atoms with Gasteiger partial charge in [-0.05, 0) is 25.1 Å². The van der Waals surface area contributed by atoms with Crippen molar-refractivity contribution in [1.82, 2.24) is 9.97 Å². The monoisotopic (exact) mass is 294 g/mol. The maximum Gasteiger partial charge on any atom is 0.262 e. The third-order valence-corrected chi connectivity index (χ3v) is 3.15. The van der Waals surface area contributed by atoms with Crippen LogP contribution in [0.1, 0.15) is 21.7 Å². The van der Waals surface area contributed by atoms with Gasteiger partial charge in [0.2, 0.25) is 5.71 Å². The second-order valence-electron chi connectivity index (χ2n) is 4.59. The van der Waals surface area contributed by atoms with Crippen molar-refractivity contribution >= 4 is 22.7 Å². The number of benzene rings is 1. The molecule has 0 spiro atoms. The molecule has 0 saturated heterocycles. The summed E-state index contributed by atoms with van der Waals surface area (Å²) >= 11 is 0. The van der Waals surface area contributed by atoms with E-state index < -0.39 is 11.5 Å². The number of nitrogens with zero attached hydrogens (tertiary/aromatic N) is 2. The summed E-state index contributed by atoms with van der Waals surface area (Å²) in [7, 11) is 0. The Balaban J connectivity index is 2.04. The largest absolute Gasteiger partial charge is 0.442 e. The Labute approximate surface area is 124 Å². The van der Waals surface area contributed by atoms with Crippen molar-refractivity contribution < 1.29 is 9.21 Å². The van der Waals surface area contributed by atoms with Crippen molar-refractivity contribution in [3.63, 3.8) is 0 Å². The lowest BCUT2D eigenvalue weighted by Gasteiger charge is -2.04. The highest BCUT2D eigenvalue weighted by Crippen LogP contribution is 2.22. The molecule has 1 amide bonds. The lowest BCUT2D eigenvalue weighted by molar-refractivity contribution is 0.102. The Morgan fingerprint density at radius 3 is 3.05 bits per heavy atom. The highest BCUT2D eigenvalue weighted by Gasteiger charge is 2.21. The number of furan rings is 1. The van der Waals surface area contributed by atoms with Gasteiger partial charge in [-0.2, -0.15) is 5.26 Å². The SMILES string of the molecule is Cc1oc2nc[nH]c(=O)c2c1C(=O)Nc1cccc(C#N)c1. The number of fused-ring (bicyclic) bond motifs is 1. The van der Waals surface area contributed by atoms with E-state index in [2.05, 4.69) is 15.3 Å². The van der Waals surface area contributed by atoms with Crippen LogP contribution in [0.5, 0.6) is 0 Å². The number of aryl methyl sites for hydroxylation is 1. The number of nitrogens with one attached hydrogen (secondary N) is 2. The van der Waals surface area contributed by atoms with E-state index >= 15 is 0 Å². The minimum atomic E-state index is -0.496. The molecule has 0 bridgehead atoms. The summed E-state index contributed by atoms with van der Waals surface area (Å²) in [5, 5.41) is 11.6. The van der Waals surface area contributed by atoms with Gasteiger partial charge in [0.05, 0.1) is 23.5 Å². The van der Waals surface area contributed by atoms with E-state index in [0.717, 1.165) is 0 Å². The van der Waals surface area contributed by atoms with E-state index in [4.69, 9.17) is 9.68 Å². The van der Waals surface area contributed by atoms with E-state index in [0.29, 0.717) is 17.0 Å². The number of carbonyl (C=O) groups is 1. The quantitative estimate of drug-likeness (QED) is 0.750. The van der Waals surface area contributed by atoms with Crippen LogP contribution in [0.4, 0.5) is 5.69 Å². The first-order valence-electron chi connectivity index (χ1n) is 6.38. The summed E-state index contributed by atoms with van der Waals surface area (Å²) in [6.45, 7) is 1.59. The van der Waals surface area contributed by atoms with E-state index in [9.17, 15) is 9.59 Å². The van der Waals surface area contributed by atoms with Crippen LogP contribution in [0.2, 0.25) is 0 Å². The van der Waals surface area contributed by atoms with Crippen molar-refractivity contribution in [2.24, 2.45) is 0 Å². The number of hydrogen-bond acceptors (Lipinski definition) is 5. The van der Waals surface area contributed by atoms with Gasteiger partial charge < -0.3 is 14.7 Å². The lowest BCUT2D eigenvalue weighted by Crippen LogP contribution is -2.16. The molecule has 3 aromatic rings. The fraction of sp³-hybridized carbons (Fsp3) is 0.0667. The predicted molar refractivity (Wildman–Crippen MR) is 78.5 cm³/mol. The van der Waals surface area contributed by atoms with Crippen LogP contribution in [-0.2, 0) is 0 Å². The molecule has 0 aliphatic rings. The molecule has 2 aromatic heterocycles. The maximum absolute atomic E-state index is 12.4. The highest BCUT2D eigenvalue weighted by atomic mass is 16.3. The molecule has 7 heteroatoms. The van der Waals surface area contributed by atoms with Crippen LogP contribution in [-0.4, -0.2) is 15.9 Å². The number of carbonyl (C=O) groups excluding carboxylic acids is 1. The molecule has 0 saturated carbocycles. The number of hydrogen-bond donors (Lipinski definition) is 2. The van der Waals surface area contributed by atoms with Crippen LogP contribution in [0, 0.1) is 18.3 Å². The van der Waals surface area contributed by atoms with E-state index in [1.165, 1.54) is 12.4 Å². The first-order chi connectivity index (χ1) is 10.6. The first kappa shape index (κ1) is 13.6. The number of aromatic amines is 1. The number of nitriles is 1. The average molecular weight is 294 g/mol. The van der Waals surface area contributed by atoms with Crippen LogP contribution in [0.15, 0.2) is 39.8 Å². The van der Waals surface area contributed by atoms with Gasteiger partial charge in [0.1, 0.15) is 11.1 Å². The molecule has 0 unspecified atom stereocenters. The lowest BCUT2D eigenvalue weighted by atomic mass is 10.1. The molecule has 7 nitrogen and oxygen atoms in total. The predicted octanol–water partition coefficient (Wildman–Crippen LogP) is 1.95. The van der Waals surface area contributed by atoms with Gasteiger partial charge in [0, 0.05) is 5.69 Å². The zero-order valence-corrected chi connectivity index (χ0v) is 11.5. The second kappa shape index (κ2) is 5.18. The van der Waals surface area contributed by atoms with Crippen molar-refractivity contribution in [1.29, 1.82) is 5.26 Å². The molecule has 108 valence electrons. The smallest absolute Gasteiger partial charge is 0.262 e. The van der Waals surface area contributed by atoms with Gasteiger partial charge in [0.25, 0.3) is 11.5 Å². The Kier molecular flexibility index (Phi) is 3.20. The van der Waals surface area contributed by atoms with Gasteiger partial charge in [-0.3, -0.25) is 9.59 Å². The van der Waals surface area contributed by atoms with Crippen molar-refractivity contribution in [3.05, 3.63) is 57.8 Å². The van der Waals surface area contributed by atoms with Crippen LogP contribution >= 0.6 is 0 Å². The number of aromatic nitrogens is 2. The van der Waals surface area contributed by atoms with Crippen molar-refractivity contribution in [3.8, 4) is 6.07 Å². The molecule has 3 rings (SSSR count). The van der Waals surface area contributed by atoms with E-state index in [-0.39, 0.29) is 16.7 Å². The summed E-state index contributed by atoms with van der Waals surface area (Å²) in [6.07, 6.45) is 1.21. The molecule has 0 atom stereocenters. The number of rotatable bonds is 2. The summed E-state index contributed by atoms with van der Waals surface area (Å²) in [4.78, 5) is 30.6. The zero-order valence-electron chi connectivity index (χ0n) is 11.5. The molecule has 1 aromatic carbocycles. The number of anilines is 1. The Morgan fingerprint density at radius 1 is 1.45 bits per heavy atom. The van der Waals surface area contributed by atoms with Crippen molar-refractivity contribution in [2.45, 2.75) is 6.92 Å². The summed E-state index contributed by atoms with van der Waals surface area (Å²) in [5.74, 6) is -0.196. The standard InChI is InChI=1S/C15H10N4O3/c1-8-11(12-13(20)17-7-18-15(12)22-8)14(21)19-10-4-2-3-9(5-10)6-16/h2-5,7H,1H3,(H,19,21)(H,17,18,20). The summed E-state index contributed by atoms with van der Waals surface area (Å²) < 4.78 is 5.34. The minimum Gasteiger partial charge on any atom is -0.442 e. The molecule has 0 aliphatic carbocycles. The second-order valence-corrected chi connectivity index (χ2v) is 4.59. The third kappa shape index (κ3) is 2.23. The highest BCUT2D eigenvalue weighted by molar-refractivity contribution is 6.12. The Hall–Kier alpha value is -3.40. The van der Waals surface area contributed by atoms with Gasteiger partial charge in [-0.1, -0.05) is 6.07 Å².